The first-order valence-corrected chi connectivity index (χ1v) is 8.81. The van der Waals surface area contributed by atoms with Gasteiger partial charge in [-0.05, 0) is 51.2 Å². The molecule has 0 aromatic carbocycles. The molecular formula is C17H34N2. The van der Waals surface area contributed by atoms with Crippen LogP contribution in [-0.4, -0.2) is 48.6 Å². The van der Waals surface area contributed by atoms with E-state index in [0.29, 0.717) is 0 Å². The smallest absolute Gasteiger partial charge is 0.0263 e. The van der Waals surface area contributed by atoms with Crippen molar-refractivity contribution in [1.82, 2.24) is 9.80 Å². The largest absolute Gasteiger partial charge is 0.301 e. The van der Waals surface area contributed by atoms with Crippen molar-refractivity contribution in [1.29, 1.82) is 0 Å². The Kier molecular flexibility index (Phi) is 6.66. The Morgan fingerprint density at radius 2 is 1.63 bits per heavy atom. The van der Waals surface area contributed by atoms with Crippen LogP contribution in [0.25, 0.3) is 0 Å². The fourth-order valence-corrected chi connectivity index (χ4v) is 3.97. The van der Waals surface area contributed by atoms with Crippen LogP contribution in [-0.2, 0) is 0 Å². The second-order valence-electron chi connectivity index (χ2n) is 6.68. The molecule has 0 spiro atoms. The summed E-state index contributed by atoms with van der Waals surface area (Å²) in [6.45, 7) is 11.4. The molecule has 2 saturated heterocycles. The first-order chi connectivity index (χ1) is 9.35. The van der Waals surface area contributed by atoms with E-state index < -0.39 is 0 Å². The number of fused-ring (bicyclic) bond motifs is 1. The van der Waals surface area contributed by atoms with E-state index in [2.05, 4.69) is 23.6 Å². The third kappa shape index (κ3) is 4.46. The Labute approximate surface area is 120 Å². The van der Waals surface area contributed by atoms with Gasteiger partial charge in [-0.3, -0.25) is 4.90 Å². The Hall–Kier alpha value is -0.0800. The number of hydrogen-bond acceptors (Lipinski definition) is 2. The van der Waals surface area contributed by atoms with E-state index in [4.69, 9.17) is 0 Å². The van der Waals surface area contributed by atoms with Gasteiger partial charge < -0.3 is 4.90 Å². The van der Waals surface area contributed by atoms with Gasteiger partial charge >= 0.3 is 0 Å². The zero-order chi connectivity index (χ0) is 13.5. The number of nitrogens with zero attached hydrogens (tertiary/aromatic N) is 2. The summed E-state index contributed by atoms with van der Waals surface area (Å²) in [5, 5.41) is 0. The molecule has 2 fully saturated rings. The number of unbranched alkanes of at least 4 members (excludes halogenated alkanes) is 4. The SMILES string of the molecule is CCCCCN1CC2CCCN(CCCCC)C2C1. The topological polar surface area (TPSA) is 6.48 Å². The standard InChI is InChI=1S/C17H34N2/c1-3-5-7-11-18-14-16-10-9-13-19(17(16)15-18)12-8-6-4-2/h16-17H,3-15H2,1-2H3. The van der Waals surface area contributed by atoms with Gasteiger partial charge in [-0.15, -0.1) is 0 Å². The highest BCUT2D eigenvalue weighted by Gasteiger charge is 2.38. The molecule has 2 atom stereocenters. The van der Waals surface area contributed by atoms with Crippen LogP contribution in [0.2, 0.25) is 0 Å². The van der Waals surface area contributed by atoms with Gasteiger partial charge in [0.05, 0.1) is 0 Å². The highest BCUT2D eigenvalue weighted by molar-refractivity contribution is 4.93. The molecule has 2 nitrogen and oxygen atoms in total. The zero-order valence-corrected chi connectivity index (χ0v) is 13.2. The molecule has 0 saturated carbocycles. The molecule has 2 heteroatoms. The van der Waals surface area contributed by atoms with E-state index in [1.54, 1.807) is 0 Å². The molecule has 19 heavy (non-hydrogen) atoms. The first-order valence-electron chi connectivity index (χ1n) is 8.81. The minimum absolute atomic E-state index is 0.896. The summed E-state index contributed by atoms with van der Waals surface area (Å²) >= 11 is 0. The molecular weight excluding hydrogens is 232 g/mol. The van der Waals surface area contributed by atoms with E-state index in [1.807, 2.05) is 0 Å². The first kappa shape index (κ1) is 15.3. The maximum atomic E-state index is 2.82. The summed E-state index contributed by atoms with van der Waals surface area (Å²) in [5.41, 5.74) is 0. The van der Waals surface area contributed by atoms with Crippen molar-refractivity contribution >= 4 is 0 Å². The lowest BCUT2D eigenvalue weighted by atomic mass is 9.92. The lowest BCUT2D eigenvalue weighted by Crippen LogP contribution is -2.45. The Bertz CT molecular complexity index is 241. The molecule has 112 valence electrons. The predicted octanol–water partition coefficient (Wildman–Crippen LogP) is 3.76. The zero-order valence-electron chi connectivity index (χ0n) is 13.2. The van der Waals surface area contributed by atoms with Crippen molar-refractivity contribution in [3.05, 3.63) is 0 Å². The monoisotopic (exact) mass is 266 g/mol. The van der Waals surface area contributed by atoms with E-state index in [1.165, 1.54) is 84.1 Å². The Morgan fingerprint density at radius 1 is 0.895 bits per heavy atom. The highest BCUT2D eigenvalue weighted by Crippen LogP contribution is 2.30. The fourth-order valence-electron chi connectivity index (χ4n) is 3.97. The normalized spacial score (nSPS) is 28.7. The van der Waals surface area contributed by atoms with Crippen molar-refractivity contribution in [2.75, 3.05) is 32.7 Å². The van der Waals surface area contributed by atoms with Gasteiger partial charge in [-0.1, -0.05) is 39.5 Å². The third-order valence-electron chi connectivity index (χ3n) is 5.10. The summed E-state index contributed by atoms with van der Waals surface area (Å²) in [6, 6.07) is 0.896. The summed E-state index contributed by atoms with van der Waals surface area (Å²) in [4.78, 5) is 5.58. The van der Waals surface area contributed by atoms with Gasteiger partial charge in [-0.25, -0.2) is 0 Å². The van der Waals surface area contributed by atoms with Crippen LogP contribution in [0.4, 0.5) is 0 Å². The van der Waals surface area contributed by atoms with Crippen LogP contribution in [0.5, 0.6) is 0 Å². The molecule has 0 aromatic rings. The molecule has 0 radical (unpaired) electrons. The van der Waals surface area contributed by atoms with Gasteiger partial charge in [0.15, 0.2) is 0 Å². The summed E-state index contributed by atoms with van der Waals surface area (Å²) in [6.07, 6.45) is 11.3. The molecule has 2 heterocycles. The van der Waals surface area contributed by atoms with Crippen LogP contribution in [0.1, 0.15) is 65.2 Å². The number of rotatable bonds is 8. The highest BCUT2D eigenvalue weighted by atomic mass is 15.3. The molecule has 2 aliphatic heterocycles. The molecule has 0 N–H and O–H groups in total. The van der Waals surface area contributed by atoms with Gasteiger partial charge in [0, 0.05) is 19.1 Å². The summed E-state index contributed by atoms with van der Waals surface area (Å²) < 4.78 is 0. The Morgan fingerprint density at radius 3 is 2.37 bits per heavy atom. The van der Waals surface area contributed by atoms with Crippen molar-refractivity contribution in [3.8, 4) is 0 Å². The summed E-state index contributed by atoms with van der Waals surface area (Å²) in [7, 11) is 0. The molecule has 0 aliphatic carbocycles. The average molecular weight is 266 g/mol. The maximum absolute atomic E-state index is 2.82. The number of piperidine rings is 1. The fraction of sp³-hybridized carbons (Fsp3) is 1.00. The molecule has 2 rings (SSSR count). The second-order valence-corrected chi connectivity index (χ2v) is 6.68. The van der Waals surface area contributed by atoms with E-state index in [-0.39, 0.29) is 0 Å². The summed E-state index contributed by atoms with van der Waals surface area (Å²) in [5.74, 6) is 0.983. The van der Waals surface area contributed by atoms with Crippen LogP contribution in [0, 0.1) is 5.92 Å². The van der Waals surface area contributed by atoms with Gasteiger partial charge in [0.1, 0.15) is 0 Å². The van der Waals surface area contributed by atoms with Crippen molar-refractivity contribution in [3.63, 3.8) is 0 Å². The maximum Gasteiger partial charge on any atom is 0.0263 e. The van der Waals surface area contributed by atoms with E-state index in [9.17, 15) is 0 Å². The molecule has 0 amide bonds. The quantitative estimate of drug-likeness (QED) is 0.617. The minimum Gasteiger partial charge on any atom is -0.301 e. The third-order valence-corrected chi connectivity index (χ3v) is 5.10. The lowest BCUT2D eigenvalue weighted by molar-refractivity contribution is 0.121. The number of likely N-dealkylation sites (tertiary alicyclic amines) is 2. The average Bonchev–Trinajstić information content (AvgIpc) is 2.83. The molecule has 0 aromatic heterocycles. The molecule has 2 unspecified atom stereocenters. The van der Waals surface area contributed by atoms with Crippen molar-refractivity contribution in [2.24, 2.45) is 5.92 Å². The van der Waals surface area contributed by atoms with Gasteiger partial charge in [0.2, 0.25) is 0 Å². The molecule has 2 aliphatic rings. The van der Waals surface area contributed by atoms with Crippen molar-refractivity contribution in [2.45, 2.75) is 71.3 Å². The number of hydrogen-bond donors (Lipinski definition) is 0. The van der Waals surface area contributed by atoms with Crippen LogP contribution in [0.3, 0.4) is 0 Å². The van der Waals surface area contributed by atoms with Crippen molar-refractivity contribution < 1.29 is 0 Å². The minimum atomic E-state index is 0.896. The van der Waals surface area contributed by atoms with E-state index >= 15 is 0 Å². The predicted molar refractivity (Wildman–Crippen MR) is 83.6 cm³/mol. The van der Waals surface area contributed by atoms with Crippen LogP contribution >= 0.6 is 0 Å². The van der Waals surface area contributed by atoms with Crippen LogP contribution < -0.4 is 0 Å². The van der Waals surface area contributed by atoms with Crippen LogP contribution in [0.15, 0.2) is 0 Å². The molecule has 0 bridgehead atoms. The van der Waals surface area contributed by atoms with Gasteiger partial charge in [-0.2, -0.15) is 0 Å². The lowest BCUT2D eigenvalue weighted by Gasteiger charge is -2.37. The Balaban J connectivity index is 1.75. The second kappa shape index (κ2) is 8.26. The van der Waals surface area contributed by atoms with Gasteiger partial charge in [0.25, 0.3) is 0 Å². The van der Waals surface area contributed by atoms with E-state index in [0.717, 1.165) is 12.0 Å².